The van der Waals surface area contributed by atoms with Crippen molar-refractivity contribution in [2.75, 3.05) is 0 Å². The van der Waals surface area contributed by atoms with Gasteiger partial charge in [-0.05, 0) is 41.8 Å². The Bertz CT molecular complexity index is 826. The van der Waals surface area contributed by atoms with Crippen LogP contribution < -0.4 is 0 Å². The van der Waals surface area contributed by atoms with E-state index in [-0.39, 0.29) is 0 Å². The van der Waals surface area contributed by atoms with Gasteiger partial charge in [0.2, 0.25) is 0 Å². The predicted octanol–water partition coefficient (Wildman–Crippen LogP) is 5.07. The van der Waals surface area contributed by atoms with Crippen LogP contribution in [0.15, 0.2) is 135 Å². The van der Waals surface area contributed by atoms with Gasteiger partial charge in [0.15, 0.2) is 0 Å². The van der Waals surface area contributed by atoms with Crippen LogP contribution in [-0.2, 0) is 24.9 Å². The number of hydrogen-bond acceptors (Lipinski definition) is 1. The number of hydrogen-bond donors (Lipinski definition) is 1. The SMILES string of the molecule is N=N/N=N/N=N/N=N/N=N/N=N/N=N/N=N/N=N/N=N/N=N/N=N/N=N/N=[S]=[V]. The van der Waals surface area contributed by atoms with Gasteiger partial charge >= 0.3 is 81.6 Å². The standard InChI is InChI=1S/HN27S.V/c1-2-3-4-5-6-7-8-9-10-11-12-13-14-15-16-17-18-19-20-21-22-23-24-25-26-27-28;/h1H;/b2-1?,4-3+,6-5+,8-7+,10-9+,12-11+,14-13+,16-15+,18-17+,20-19+,22-21+,24-23+,26-25+;. The Hall–Kier alpha value is -4.60. The van der Waals surface area contributed by atoms with Gasteiger partial charge in [0.1, 0.15) is 0 Å². The molecule has 29 heteroatoms. The first-order valence-electron chi connectivity index (χ1n) is 5.59. The fourth-order valence-corrected chi connectivity index (χ4v) is 0.665. The summed E-state index contributed by atoms with van der Waals surface area (Å²) < 4.78 is 3.37. The van der Waals surface area contributed by atoms with E-state index in [9.17, 15) is 0 Å². The fourth-order valence-electron chi connectivity index (χ4n) is 0.446. The van der Waals surface area contributed by atoms with Crippen molar-refractivity contribution < 1.29 is 15.7 Å². The molecule has 0 aromatic heterocycles. The number of nitrogens with zero attached hydrogens (tertiary/aromatic N) is 26. The van der Waals surface area contributed by atoms with Crippen molar-refractivity contribution >= 4 is 9.21 Å². The van der Waals surface area contributed by atoms with E-state index in [1.54, 1.807) is 0 Å². The summed E-state index contributed by atoms with van der Waals surface area (Å²) in [4.78, 5) is 0. The topological polar surface area (TPSA) is 345 Å². The fraction of sp³-hybridized carbons (Fsp3) is 0. The van der Waals surface area contributed by atoms with Crippen LogP contribution in [0.1, 0.15) is 0 Å². The Morgan fingerprint density at radius 1 is 0.345 bits per heavy atom. The summed E-state index contributed by atoms with van der Waals surface area (Å²) in [5, 5.41) is 74.4. The molecule has 0 unspecified atom stereocenters. The minimum atomic E-state index is 1.02. The molecule has 147 valence electrons. The van der Waals surface area contributed by atoms with Gasteiger partial charge in [-0.1, -0.05) is 0 Å². The molecule has 0 aliphatic heterocycles. The van der Waals surface area contributed by atoms with E-state index in [0.29, 0.717) is 0 Å². The summed E-state index contributed by atoms with van der Waals surface area (Å²) in [6, 6.07) is 0. The van der Waals surface area contributed by atoms with Crippen molar-refractivity contribution in [3.63, 3.8) is 0 Å². The zero-order valence-corrected chi connectivity index (χ0v) is 15.2. The zero-order valence-electron chi connectivity index (χ0n) is 13.0. The third-order valence-corrected chi connectivity index (χ3v) is 1.53. The molecular weight excluding hydrogens is 461 g/mol. The Balaban J connectivity index is 3.97. The molecule has 0 heterocycles. The van der Waals surface area contributed by atoms with Crippen molar-refractivity contribution in [3.8, 4) is 0 Å². The molecule has 29 heavy (non-hydrogen) atoms. The maximum atomic E-state index is 6.22. The molecule has 0 aliphatic rings. The van der Waals surface area contributed by atoms with E-state index < -0.39 is 0 Å². The predicted molar refractivity (Wildman–Crippen MR) is 73.2 cm³/mol. The molecule has 1 N–H and O–H groups in total. The van der Waals surface area contributed by atoms with E-state index >= 15 is 0 Å². The Kier molecular flexibility index (Phi) is 19.7. The van der Waals surface area contributed by atoms with Crippen LogP contribution in [0.4, 0.5) is 0 Å². The van der Waals surface area contributed by atoms with E-state index in [2.05, 4.69) is 151 Å². The van der Waals surface area contributed by atoms with Crippen molar-refractivity contribution in [1.82, 2.24) is 0 Å². The third kappa shape index (κ3) is 23.4. The average molecular weight is 462 g/mol. The minimum absolute atomic E-state index is 1.02. The van der Waals surface area contributed by atoms with Gasteiger partial charge < -0.3 is 0 Å². The van der Waals surface area contributed by atoms with Crippen LogP contribution in [-0.4, -0.2) is 0 Å². The number of rotatable bonds is 13. The molecule has 0 saturated heterocycles. The first kappa shape index (κ1) is 24.4. The first-order valence-corrected chi connectivity index (χ1v) is 8.03. The Morgan fingerprint density at radius 3 is 0.759 bits per heavy atom. The van der Waals surface area contributed by atoms with Crippen LogP contribution in [0.5, 0.6) is 0 Å². The molecule has 0 aromatic carbocycles. The van der Waals surface area contributed by atoms with E-state index in [1.165, 1.54) is 0 Å². The van der Waals surface area contributed by atoms with Crippen LogP contribution in [0, 0.1) is 5.53 Å². The average Bonchev–Trinajstić information content (AvgIpc) is 2.74. The molecule has 0 atom stereocenters. The quantitative estimate of drug-likeness (QED) is 0.276. The monoisotopic (exact) mass is 462 g/mol. The van der Waals surface area contributed by atoms with Gasteiger partial charge in [-0.15, -0.1) is 0 Å². The Morgan fingerprint density at radius 2 is 0.552 bits per heavy atom. The van der Waals surface area contributed by atoms with Crippen LogP contribution in [0.25, 0.3) is 0 Å². The van der Waals surface area contributed by atoms with Crippen molar-refractivity contribution in [1.29, 1.82) is 5.53 Å². The van der Waals surface area contributed by atoms with E-state index in [4.69, 9.17) is 5.53 Å². The normalized spacial score (nSPS) is 14.2. The van der Waals surface area contributed by atoms with Gasteiger partial charge in [-0.2, -0.15) is 5.53 Å². The first-order chi connectivity index (χ1) is 14.4. The van der Waals surface area contributed by atoms with Gasteiger partial charge in [-0.3, -0.25) is 0 Å². The van der Waals surface area contributed by atoms with Crippen molar-refractivity contribution in [2.24, 2.45) is 135 Å². The van der Waals surface area contributed by atoms with Gasteiger partial charge in [0.25, 0.3) is 0 Å². The molecule has 0 fully saturated rings. The van der Waals surface area contributed by atoms with Gasteiger partial charge in [0.05, 0.1) is 0 Å². The van der Waals surface area contributed by atoms with Gasteiger partial charge in [-0.25, -0.2) is 0 Å². The van der Waals surface area contributed by atoms with E-state index in [0.717, 1.165) is 9.21 Å². The van der Waals surface area contributed by atoms with Crippen molar-refractivity contribution in [2.45, 2.75) is 0 Å². The zero-order chi connectivity index (χ0) is 21.1. The van der Waals surface area contributed by atoms with Crippen LogP contribution in [0.3, 0.4) is 0 Å². The molecule has 0 radical (unpaired) electrons. The van der Waals surface area contributed by atoms with E-state index in [1.807, 2.05) is 0 Å². The number of nitrogens with one attached hydrogen (secondary N) is 1. The summed E-state index contributed by atoms with van der Waals surface area (Å²) in [5.41, 5.74) is 6.22. The summed E-state index contributed by atoms with van der Waals surface area (Å²) >= 11 is 2.08. The second-order valence-electron chi connectivity index (χ2n) is 2.41. The Labute approximate surface area is 166 Å². The second kappa shape index (κ2) is 23.4. The second-order valence-corrected chi connectivity index (χ2v) is 3.50. The summed E-state index contributed by atoms with van der Waals surface area (Å²) in [6.45, 7) is 0. The van der Waals surface area contributed by atoms with Crippen LogP contribution in [0.2, 0.25) is 0 Å². The third-order valence-electron chi connectivity index (χ3n) is 1.04. The molecular formula is HN27SV. The van der Waals surface area contributed by atoms with Gasteiger partial charge in [0, 0.05) is 36.6 Å². The summed E-state index contributed by atoms with van der Waals surface area (Å²) in [7, 11) is 1.02. The molecule has 0 aliphatic carbocycles. The molecule has 27 nitrogen and oxygen atoms in total. The molecule has 0 bridgehead atoms. The molecule has 0 rings (SSSR count). The molecule has 0 saturated carbocycles. The van der Waals surface area contributed by atoms with Crippen molar-refractivity contribution in [3.05, 3.63) is 0 Å². The maximum absolute atomic E-state index is 6.22. The molecule has 0 spiro atoms. The van der Waals surface area contributed by atoms with Crippen LogP contribution >= 0.6 is 0 Å². The molecule has 0 aromatic rings. The molecule has 0 amide bonds. The summed E-state index contributed by atoms with van der Waals surface area (Å²) in [5.74, 6) is 0. The summed E-state index contributed by atoms with van der Waals surface area (Å²) in [6.07, 6.45) is 0.